The van der Waals surface area contributed by atoms with Crippen molar-refractivity contribution in [2.24, 2.45) is 0 Å². The summed E-state index contributed by atoms with van der Waals surface area (Å²) in [7, 11) is 0. The van der Waals surface area contributed by atoms with Crippen LogP contribution in [0.1, 0.15) is 62.8 Å². The van der Waals surface area contributed by atoms with Crippen molar-refractivity contribution in [1.29, 1.82) is 0 Å². The van der Waals surface area contributed by atoms with Crippen molar-refractivity contribution in [3.63, 3.8) is 0 Å². The minimum absolute atomic E-state index is 0.0306. The molecular formula is C20H26F3N5O. The molecule has 2 fully saturated rings. The van der Waals surface area contributed by atoms with Gasteiger partial charge in [-0.2, -0.15) is 13.2 Å². The van der Waals surface area contributed by atoms with E-state index in [1.807, 2.05) is 6.92 Å². The number of likely N-dealkylation sites (tertiary alicyclic amines) is 1. The summed E-state index contributed by atoms with van der Waals surface area (Å²) < 4.78 is 40.8. The number of hydrogen-bond donors (Lipinski definition) is 1. The van der Waals surface area contributed by atoms with Gasteiger partial charge in [-0.25, -0.2) is 0 Å². The minimum atomic E-state index is -4.42. The lowest BCUT2D eigenvalue weighted by Crippen LogP contribution is -2.50. The second kappa shape index (κ2) is 7.93. The molecule has 2 aromatic heterocycles. The third kappa shape index (κ3) is 4.24. The van der Waals surface area contributed by atoms with Gasteiger partial charge in [0.25, 0.3) is 0 Å². The number of halogens is 3. The molecule has 1 N–H and O–H groups in total. The molecule has 1 saturated carbocycles. The highest BCUT2D eigenvalue weighted by Crippen LogP contribution is 2.31. The van der Waals surface area contributed by atoms with E-state index in [1.165, 1.54) is 10.5 Å². The van der Waals surface area contributed by atoms with Crippen LogP contribution in [-0.2, 0) is 11.0 Å². The first-order valence-electron chi connectivity index (χ1n) is 10.3. The molecule has 0 aromatic carbocycles. The van der Waals surface area contributed by atoms with Crippen molar-refractivity contribution in [3.8, 4) is 0 Å². The number of rotatable bonds is 4. The second-order valence-electron chi connectivity index (χ2n) is 8.20. The first kappa shape index (κ1) is 20.1. The Balaban J connectivity index is 1.50. The molecule has 29 heavy (non-hydrogen) atoms. The third-order valence-electron chi connectivity index (χ3n) is 6.20. The number of fused-ring (bicyclic) bond motifs is 1. The summed E-state index contributed by atoms with van der Waals surface area (Å²) in [5.41, 5.74) is -0.319. The highest BCUT2D eigenvalue weighted by atomic mass is 19.4. The van der Waals surface area contributed by atoms with Gasteiger partial charge in [0, 0.05) is 24.7 Å². The largest absolute Gasteiger partial charge is 0.417 e. The van der Waals surface area contributed by atoms with E-state index in [4.69, 9.17) is 0 Å². The summed E-state index contributed by atoms with van der Waals surface area (Å²) in [6, 6.07) is 2.36. The molecule has 2 unspecified atom stereocenters. The van der Waals surface area contributed by atoms with E-state index in [2.05, 4.69) is 20.4 Å². The predicted molar refractivity (Wildman–Crippen MR) is 101 cm³/mol. The average molecular weight is 409 g/mol. The van der Waals surface area contributed by atoms with Gasteiger partial charge in [0.1, 0.15) is 5.82 Å². The predicted octanol–water partition coefficient (Wildman–Crippen LogP) is 3.37. The molecule has 9 heteroatoms. The van der Waals surface area contributed by atoms with Crippen molar-refractivity contribution in [3.05, 3.63) is 29.7 Å². The van der Waals surface area contributed by atoms with Crippen LogP contribution in [-0.4, -0.2) is 50.6 Å². The topological polar surface area (TPSA) is 62.5 Å². The van der Waals surface area contributed by atoms with Gasteiger partial charge in [-0.05, 0) is 51.3 Å². The van der Waals surface area contributed by atoms with Gasteiger partial charge in [0.2, 0.25) is 5.91 Å². The number of amides is 1. The Morgan fingerprint density at radius 2 is 1.93 bits per heavy atom. The van der Waals surface area contributed by atoms with E-state index in [0.29, 0.717) is 18.0 Å². The van der Waals surface area contributed by atoms with Crippen LogP contribution in [0.25, 0.3) is 5.65 Å². The number of carbonyl (C=O) groups is 1. The van der Waals surface area contributed by atoms with Crippen molar-refractivity contribution in [1.82, 2.24) is 24.8 Å². The van der Waals surface area contributed by atoms with E-state index >= 15 is 0 Å². The lowest BCUT2D eigenvalue weighted by molar-refractivity contribution is -0.138. The fourth-order valence-electron chi connectivity index (χ4n) is 4.48. The molecule has 4 rings (SSSR count). The Labute approximate surface area is 167 Å². The van der Waals surface area contributed by atoms with Gasteiger partial charge in [0.15, 0.2) is 5.65 Å². The number of carbonyl (C=O) groups excluding carboxylic acids is 1. The summed E-state index contributed by atoms with van der Waals surface area (Å²) in [5.74, 6) is 0.492. The molecule has 6 nitrogen and oxygen atoms in total. The molecule has 0 bridgehead atoms. The SMILES string of the molecule is CC(C(=O)NC1CCCC1)N1CCCC(c2nnc3ccc(C(F)(F)F)cn23)C1. The Morgan fingerprint density at radius 3 is 2.66 bits per heavy atom. The zero-order chi connectivity index (χ0) is 20.6. The van der Waals surface area contributed by atoms with E-state index in [9.17, 15) is 18.0 Å². The van der Waals surface area contributed by atoms with Gasteiger partial charge in [-0.3, -0.25) is 14.1 Å². The molecule has 2 atom stereocenters. The van der Waals surface area contributed by atoms with Crippen LogP contribution < -0.4 is 5.32 Å². The molecule has 2 aliphatic rings. The minimum Gasteiger partial charge on any atom is -0.352 e. The highest BCUT2D eigenvalue weighted by molar-refractivity contribution is 5.81. The molecule has 1 aliphatic heterocycles. The first-order chi connectivity index (χ1) is 13.8. The number of alkyl halides is 3. The van der Waals surface area contributed by atoms with Crippen LogP contribution in [0.15, 0.2) is 18.3 Å². The number of hydrogen-bond acceptors (Lipinski definition) is 4. The molecule has 0 radical (unpaired) electrons. The number of nitrogens with one attached hydrogen (secondary N) is 1. The van der Waals surface area contributed by atoms with E-state index < -0.39 is 11.7 Å². The van der Waals surface area contributed by atoms with Gasteiger partial charge >= 0.3 is 6.18 Å². The normalized spacial score (nSPS) is 22.8. The summed E-state index contributed by atoms with van der Waals surface area (Å²) in [4.78, 5) is 14.8. The Bertz CT molecular complexity index is 875. The zero-order valence-electron chi connectivity index (χ0n) is 16.5. The van der Waals surface area contributed by atoms with Crippen LogP contribution in [0.4, 0.5) is 13.2 Å². The Kier molecular flexibility index (Phi) is 5.50. The fourth-order valence-corrected chi connectivity index (χ4v) is 4.48. The van der Waals surface area contributed by atoms with Gasteiger partial charge in [-0.15, -0.1) is 10.2 Å². The number of nitrogens with zero attached hydrogens (tertiary/aromatic N) is 4. The van der Waals surface area contributed by atoms with Crippen molar-refractivity contribution >= 4 is 11.6 Å². The average Bonchev–Trinajstić information content (AvgIpc) is 3.35. The maximum Gasteiger partial charge on any atom is 0.417 e. The molecule has 1 aliphatic carbocycles. The summed E-state index contributed by atoms with van der Waals surface area (Å²) in [5, 5.41) is 11.4. The van der Waals surface area contributed by atoms with E-state index in [0.717, 1.165) is 57.3 Å². The second-order valence-corrected chi connectivity index (χ2v) is 8.20. The number of aromatic nitrogens is 3. The number of pyridine rings is 1. The van der Waals surface area contributed by atoms with Crippen LogP contribution in [0.3, 0.4) is 0 Å². The molecular weight excluding hydrogens is 383 g/mol. The third-order valence-corrected chi connectivity index (χ3v) is 6.20. The van der Waals surface area contributed by atoms with Crippen molar-refractivity contribution in [2.75, 3.05) is 13.1 Å². The maximum atomic E-state index is 13.1. The lowest BCUT2D eigenvalue weighted by atomic mass is 9.95. The quantitative estimate of drug-likeness (QED) is 0.841. The highest BCUT2D eigenvalue weighted by Gasteiger charge is 2.34. The molecule has 2 aromatic rings. The van der Waals surface area contributed by atoms with Gasteiger partial charge < -0.3 is 5.32 Å². The smallest absolute Gasteiger partial charge is 0.352 e. The monoisotopic (exact) mass is 409 g/mol. The summed E-state index contributed by atoms with van der Waals surface area (Å²) in [6.07, 6.45) is 2.71. The van der Waals surface area contributed by atoms with Gasteiger partial charge in [-0.1, -0.05) is 12.8 Å². The van der Waals surface area contributed by atoms with Crippen molar-refractivity contribution < 1.29 is 18.0 Å². The summed E-state index contributed by atoms with van der Waals surface area (Å²) >= 11 is 0. The molecule has 1 saturated heterocycles. The zero-order valence-corrected chi connectivity index (χ0v) is 16.5. The van der Waals surface area contributed by atoms with E-state index in [1.54, 1.807) is 0 Å². The van der Waals surface area contributed by atoms with E-state index in [-0.39, 0.29) is 23.9 Å². The molecule has 158 valence electrons. The Hall–Kier alpha value is -2.16. The van der Waals surface area contributed by atoms with Crippen LogP contribution in [0.2, 0.25) is 0 Å². The molecule has 0 spiro atoms. The molecule has 3 heterocycles. The van der Waals surface area contributed by atoms with Crippen LogP contribution >= 0.6 is 0 Å². The standard InChI is InChI=1S/C20H26F3N5O/c1-13(19(29)24-16-6-2-3-7-16)27-10-4-5-14(11-27)18-26-25-17-9-8-15(12-28(17)18)20(21,22)23/h8-9,12-14,16H,2-7,10-11H2,1H3,(H,24,29). The Morgan fingerprint density at radius 1 is 1.17 bits per heavy atom. The van der Waals surface area contributed by atoms with Crippen molar-refractivity contribution in [2.45, 2.75) is 69.6 Å². The number of piperidine rings is 1. The van der Waals surface area contributed by atoms with Crippen LogP contribution in [0, 0.1) is 0 Å². The summed E-state index contributed by atoms with van der Waals surface area (Å²) in [6.45, 7) is 3.27. The van der Waals surface area contributed by atoms with Crippen LogP contribution in [0.5, 0.6) is 0 Å². The maximum absolute atomic E-state index is 13.1. The molecule has 1 amide bonds. The lowest BCUT2D eigenvalue weighted by Gasteiger charge is -2.35. The first-order valence-corrected chi connectivity index (χ1v) is 10.3. The fraction of sp³-hybridized carbons (Fsp3) is 0.650. The van der Waals surface area contributed by atoms with Gasteiger partial charge in [0.05, 0.1) is 11.6 Å².